The Morgan fingerprint density at radius 2 is 2.00 bits per heavy atom. The third-order valence-electron chi connectivity index (χ3n) is 4.45. The SMILES string of the molecule is O[C@H]1CC[C@H](Nc2nccc(-n3ncc4c(Br)cccc43)n2)CC1. The van der Waals surface area contributed by atoms with Crippen molar-refractivity contribution in [1.29, 1.82) is 0 Å². The Morgan fingerprint density at radius 1 is 1.17 bits per heavy atom. The molecule has 0 atom stereocenters. The van der Waals surface area contributed by atoms with Crippen LogP contribution in [0.2, 0.25) is 0 Å². The van der Waals surface area contributed by atoms with Gasteiger partial charge in [-0.25, -0.2) is 9.67 Å². The number of nitrogens with one attached hydrogen (secondary N) is 1. The average molecular weight is 388 g/mol. The van der Waals surface area contributed by atoms with Crippen molar-refractivity contribution in [2.75, 3.05) is 5.32 Å². The number of nitrogens with zero attached hydrogens (tertiary/aromatic N) is 4. The molecule has 0 amide bonds. The van der Waals surface area contributed by atoms with Gasteiger partial charge in [0.2, 0.25) is 5.95 Å². The summed E-state index contributed by atoms with van der Waals surface area (Å²) >= 11 is 3.55. The van der Waals surface area contributed by atoms with Gasteiger partial charge in [-0.2, -0.15) is 10.1 Å². The predicted octanol–water partition coefficient (Wildman–Crippen LogP) is 3.29. The number of halogens is 1. The van der Waals surface area contributed by atoms with Gasteiger partial charge < -0.3 is 10.4 Å². The third kappa shape index (κ3) is 3.01. The van der Waals surface area contributed by atoms with Crippen LogP contribution in [0.3, 0.4) is 0 Å². The van der Waals surface area contributed by atoms with E-state index >= 15 is 0 Å². The Morgan fingerprint density at radius 3 is 2.83 bits per heavy atom. The maximum atomic E-state index is 9.61. The van der Waals surface area contributed by atoms with Gasteiger partial charge in [0.1, 0.15) is 0 Å². The van der Waals surface area contributed by atoms with Crippen molar-refractivity contribution >= 4 is 32.8 Å². The molecular weight excluding hydrogens is 370 g/mol. The summed E-state index contributed by atoms with van der Waals surface area (Å²) in [5.41, 5.74) is 0.995. The van der Waals surface area contributed by atoms with Crippen molar-refractivity contribution in [2.24, 2.45) is 0 Å². The summed E-state index contributed by atoms with van der Waals surface area (Å²) in [6, 6.07) is 8.16. The van der Waals surface area contributed by atoms with Crippen LogP contribution in [0.1, 0.15) is 25.7 Å². The van der Waals surface area contributed by atoms with Crippen molar-refractivity contribution in [2.45, 2.75) is 37.8 Å². The number of hydrogen-bond acceptors (Lipinski definition) is 5. The van der Waals surface area contributed by atoms with E-state index in [2.05, 4.69) is 36.3 Å². The second-order valence-corrected chi connectivity index (χ2v) is 6.97. The molecule has 6 nitrogen and oxygen atoms in total. The summed E-state index contributed by atoms with van der Waals surface area (Å²) in [5, 5.41) is 18.5. The Bertz CT molecular complexity index is 857. The predicted molar refractivity (Wildman–Crippen MR) is 96.2 cm³/mol. The molecule has 2 heterocycles. The normalized spacial score (nSPS) is 21.1. The van der Waals surface area contributed by atoms with E-state index in [1.54, 1.807) is 6.20 Å². The Balaban J connectivity index is 1.61. The maximum Gasteiger partial charge on any atom is 0.224 e. The first kappa shape index (κ1) is 15.5. The summed E-state index contributed by atoms with van der Waals surface area (Å²) in [4.78, 5) is 8.93. The third-order valence-corrected chi connectivity index (χ3v) is 5.14. The van der Waals surface area contributed by atoms with Crippen molar-refractivity contribution in [3.63, 3.8) is 0 Å². The first-order valence-electron chi connectivity index (χ1n) is 8.11. The van der Waals surface area contributed by atoms with Crippen LogP contribution in [0, 0.1) is 0 Å². The van der Waals surface area contributed by atoms with Crippen LogP contribution < -0.4 is 5.32 Å². The number of aliphatic hydroxyl groups is 1. The molecule has 7 heteroatoms. The minimum atomic E-state index is -0.163. The van der Waals surface area contributed by atoms with E-state index in [-0.39, 0.29) is 6.10 Å². The second-order valence-electron chi connectivity index (χ2n) is 6.12. The van der Waals surface area contributed by atoms with Crippen LogP contribution in [-0.4, -0.2) is 37.0 Å². The zero-order chi connectivity index (χ0) is 16.5. The quantitative estimate of drug-likeness (QED) is 0.720. The molecule has 1 fully saturated rings. The number of anilines is 1. The highest BCUT2D eigenvalue weighted by atomic mass is 79.9. The van der Waals surface area contributed by atoms with Gasteiger partial charge in [-0.05, 0) is 37.8 Å². The first-order chi connectivity index (χ1) is 11.7. The lowest BCUT2D eigenvalue weighted by Crippen LogP contribution is -2.29. The monoisotopic (exact) mass is 387 g/mol. The van der Waals surface area contributed by atoms with E-state index < -0.39 is 0 Å². The van der Waals surface area contributed by atoms with Gasteiger partial charge in [-0.3, -0.25) is 0 Å². The fraction of sp³-hybridized carbons (Fsp3) is 0.353. The van der Waals surface area contributed by atoms with Gasteiger partial charge in [0.25, 0.3) is 0 Å². The summed E-state index contributed by atoms with van der Waals surface area (Å²) in [6.45, 7) is 0. The minimum Gasteiger partial charge on any atom is -0.393 e. The molecule has 0 bridgehead atoms. The van der Waals surface area contributed by atoms with Crippen molar-refractivity contribution in [1.82, 2.24) is 19.7 Å². The fourth-order valence-corrected chi connectivity index (χ4v) is 3.60. The Labute approximate surface area is 148 Å². The Hall–Kier alpha value is -1.99. The number of benzene rings is 1. The van der Waals surface area contributed by atoms with Crippen LogP contribution in [0.4, 0.5) is 5.95 Å². The van der Waals surface area contributed by atoms with Crippen LogP contribution >= 0.6 is 15.9 Å². The lowest BCUT2D eigenvalue weighted by molar-refractivity contribution is 0.126. The molecule has 2 aromatic heterocycles. The second kappa shape index (κ2) is 6.49. The number of aliphatic hydroxyl groups excluding tert-OH is 1. The summed E-state index contributed by atoms with van der Waals surface area (Å²) in [6.07, 6.45) is 6.94. The zero-order valence-corrected chi connectivity index (χ0v) is 14.6. The van der Waals surface area contributed by atoms with E-state index in [9.17, 15) is 5.11 Å². The molecule has 124 valence electrons. The van der Waals surface area contributed by atoms with Crippen molar-refractivity contribution in [3.05, 3.63) is 41.1 Å². The lowest BCUT2D eigenvalue weighted by atomic mass is 9.93. The Kier molecular flexibility index (Phi) is 4.20. The smallest absolute Gasteiger partial charge is 0.224 e. The minimum absolute atomic E-state index is 0.163. The molecule has 0 unspecified atom stereocenters. The number of hydrogen-bond donors (Lipinski definition) is 2. The average Bonchev–Trinajstić information content (AvgIpc) is 3.03. The van der Waals surface area contributed by atoms with E-state index in [1.165, 1.54) is 0 Å². The molecule has 4 rings (SSSR count). The first-order valence-corrected chi connectivity index (χ1v) is 8.90. The summed E-state index contributed by atoms with van der Waals surface area (Å²) in [5.74, 6) is 1.34. The van der Waals surface area contributed by atoms with Gasteiger partial charge in [0, 0.05) is 28.2 Å². The largest absolute Gasteiger partial charge is 0.393 e. The van der Waals surface area contributed by atoms with Crippen molar-refractivity contribution < 1.29 is 5.11 Å². The van der Waals surface area contributed by atoms with Gasteiger partial charge >= 0.3 is 0 Å². The molecule has 3 aromatic rings. The highest BCUT2D eigenvalue weighted by molar-refractivity contribution is 9.10. The molecule has 1 saturated carbocycles. The zero-order valence-electron chi connectivity index (χ0n) is 13.1. The van der Waals surface area contributed by atoms with Gasteiger partial charge in [-0.15, -0.1) is 0 Å². The number of aromatic nitrogens is 4. The van der Waals surface area contributed by atoms with Crippen LogP contribution in [-0.2, 0) is 0 Å². The van der Waals surface area contributed by atoms with Crippen molar-refractivity contribution in [3.8, 4) is 5.82 Å². The van der Waals surface area contributed by atoms with E-state index in [1.807, 2.05) is 35.1 Å². The van der Waals surface area contributed by atoms with Gasteiger partial charge in [0.15, 0.2) is 5.82 Å². The van der Waals surface area contributed by atoms with E-state index in [0.717, 1.165) is 46.9 Å². The highest BCUT2D eigenvalue weighted by Crippen LogP contribution is 2.25. The molecule has 1 aliphatic rings. The lowest BCUT2D eigenvalue weighted by Gasteiger charge is -2.26. The van der Waals surface area contributed by atoms with E-state index in [0.29, 0.717) is 12.0 Å². The standard InChI is InChI=1S/C17H18BrN5O/c18-14-2-1-3-15-13(14)10-20-23(15)16-8-9-19-17(22-16)21-11-4-6-12(24)7-5-11/h1-3,8-12,24H,4-7H2,(H,19,21,22)/t11-,12-. The summed E-state index contributed by atoms with van der Waals surface area (Å²) < 4.78 is 2.83. The topological polar surface area (TPSA) is 75.9 Å². The fourth-order valence-electron chi connectivity index (χ4n) is 3.14. The van der Waals surface area contributed by atoms with E-state index in [4.69, 9.17) is 0 Å². The molecule has 0 radical (unpaired) electrons. The van der Waals surface area contributed by atoms with Crippen LogP contribution in [0.25, 0.3) is 16.7 Å². The molecule has 24 heavy (non-hydrogen) atoms. The molecule has 0 aliphatic heterocycles. The number of fused-ring (bicyclic) bond motifs is 1. The van der Waals surface area contributed by atoms with Gasteiger partial charge in [-0.1, -0.05) is 22.0 Å². The number of rotatable bonds is 3. The van der Waals surface area contributed by atoms with Gasteiger partial charge in [0.05, 0.1) is 17.8 Å². The van der Waals surface area contributed by atoms with Crippen LogP contribution in [0.15, 0.2) is 41.1 Å². The molecule has 1 aromatic carbocycles. The van der Waals surface area contributed by atoms with Crippen LogP contribution in [0.5, 0.6) is 0 Å². The summed E-state index contributed by atoms with van der Waals surface area (Å²) in [7, 11) is 0. The molecule has 2 N–H and O–H groups in total. The molecular formula is C17H18BrN5O. The molecule has 0 spiro atoms. The maximum absolute atomic E-state index is 9.61. The highest BCUT2D eigenvalue weighted by Gasteiger charge is 2.20. The molecule has 1 aliphatic carbocycles. The molecule has 0 saturated heterocycles.